The SMILES string of the molecule is O=C(CN1C(=O)c2ccccc2C1=O)NC1CC(=O)N(c2ccccc2)C1. The number of amides is 4. The van der Waals surface area contributed by atoms with Gasteiger partial charge in [0.2, 0.25) is 11.8 Å². The lowest BCUT2D eigenvalue weighted by molar-refractivity contribution is -0.122. The zero-order valence-electron chi connectivity index (χ0n) is 14.4. The molecule has 1 atom stereocenters. The van der Waals surface area contributed by atoms with Crippen LogP contribution in [0.15, 0.2) is 54.6 Å². The molecule has 1 saturated heterocycles. The molecule has 1 fully saturated rings. The van der Waals surface area contributed by atoms with Crippen LogP contribution in [0.3, 0.4) is 0 Å². The molecule has 0 saturated carbocycles. The van der Waals surface area contributed by atoms with Crippen LogP contribution < -0.4 is 10.2 Å². The summed E-state index contributed by atoms with van der Waals surface area (Å²) in [4.78, 5) is 51.8. The van der Waals surface area contributed by atoms with Crippen molar-refractivity contribution in [2.45, 2.75) is 12.5 Å². The number of hydrogen-bond acceptors (Lipinski definition) is 4. The molecule has 136 valence electrons. The fraction of sp³-hybridized carbons (Fsp3) is 0.200. The lowest BCUT2D eigenvalue weighted by atomic mass is 10.1. The molecule has 1 unspecified atom stereocenters. The van der Waals surface area contributed by atoms with Gasteiger partial charge in [0, 0.05) is 18.7 Å². The Balaban J connectivity index is 1.39. The maximum absolute atomic E-state index is 12.4. The Morgan fingerprint density at radius 3 is 2.15 bits per heavy atom. The Kier molecular flexibility index (Phi) is 4.19. The second-order valence-corrected chi connectivity index (χ2v) is 6.55. The molecule has 2 aliphatic rings. The summed E-state index contributed by atoms with van der Waals surface area (Å²) in [5.74, 6) is -1.48. The van der Waals surface area contributed by atoms with Crippen molar-refractivity contribution in [3.8, 4) is 0 Å². The smallest absolute Gasteiger partial charge is 0.262 e. The molecule has 4 amide bonds. The lowest BCUT2D eigenvalue weighted by Crippen LogP contribution is -2.44. The number of nitrogens with one attached hydrogen (secondary N) is 1. The topological polar surface area (TPSA) is 86.8 Å². The summed E-state index contributed by atoms with van der Waals surface area (Å²) in [5, 5.41) is 2.76. The van der Waals surface area contributed by atoms with Crippen molar-refractivity contribution >= 4 is 29.3 Å². The molecule has 0 radical (unpaired) electrons. The molecule has 2 aliphatic heterocycles. The summed E-state index contributed by atoms with van der Waals surface area (Å²) in [5.41, 5.74) is 1.39. The molecule has 2 heterocycles. The van der Waals surface area contributed by atoms with Crippen molar-refractivity contribution in [1.82, 2.24) is 10.2 Å². The minimum absolute atomic E-state index is 0.0766. The molecule has 7 heteroatoms. The van der Waals surface area contributed by atoms with Crippen LogP contribution in [-0.4, -0.2) is 47.7 Å². The fourth-order valence-electron chi connectivity index (χ4n) is 3.46. The number of rotatable bonds is 4. The predicted octanol–water partition coefficient (Wildman–Crippen LogP) is 1.20. The fourth-order valence-corrected chi connectivity index (χ4v) is 3.46. The van der Waals surface area contributed by atoms with E-state index < -0.39 is 17.7 Å². The third kappa shape index (κ3) is 3.08. The Morgan fingerprint density at radius 2 is 1.52 bits per heavy atom. The Bertz CT molecular complexity index is 906. The number of nitrogens with zero attached hydrogens (tertiary/aromatic N) is 2. The molecule has 4 rings (SSSR count). The van der Waals surface area contributed by atoms with E-state index in [0.29, 0.717) is 17.7 Å². The minimum atomic E-state index is -0.473. The van der Waals surface area contributed by atoms with Crippen LogP contribution >= 0.6 is 0 Å². The van der Waals surface area contributed by atoms with Gasteiger partial charge in [0.25, 0.3) is 11.8 Å². The highest BCUT2D eigenvalue weighted by Crippen LogP contribution is 2.23. The van der Waals surface area contributed by atoms with E-state index in [4.69, 9.17) is 0 Å². The maximum Gasteiger partial charge on any atom is 0.262 e. The summed E-state index contributed by atoms with van der Waals surface area (Å²) >= 11 is 0. The van der Waals surface area contributed by atoms with Gasteiger partial charge < -0.3 is 10.2 Å². The number of imide groups is 1. The minimum Gasteiger partial charge on any atom is -0.349 e. The van der Waals surface area contributed by atoms with E-state index in [1.807, 2.05) is 30.3 Å². The van der Waals surface area contributed by atoms with E-state index in [0.717, 1.165) is 10.6 Å². The highest BCUT2D eigenvalue weighted by atomic mass is 16.2. The van der Waals surface area contributed by atoms with Crippen LogP contribution in [0.25, 0.3) is 0 Å². The van der Waals surface area contributed by atoms with Crippen molar-refractivity contribution < 1.29 is 19.2 Å². The molecule has 2 aromatic rings. The standard InChI is InChI=1S/C20H17N3O4/c24-17(12-23-19(26)15-8-4-5-9-16(15)20(23)27)21-13-10-18(25)22(11-13)14-6-2-1-3-7-14/h1-9,13H,10-12H2,(H,21,24). The Labute approximate surface area is 155 Å². The third-order valence-corrected chi connectivity index (χ3v) is 4.74. The monoisotopic (exact) mass is 363 g/mol. The highest BCUT2D eigenvalue weighted by molar-refractivity contribution is 6.22. The van der Waals surface area contributed by atoms with Crippen molar-refractivity contribution in [3.05, 3.63) is 65.7 Å². The number of carbonyl (C=O) groups is 4. The van der Waals surface area contributed by atoms with E-state index in [1.54, 1.807) is 29.2 Å². The first-order chi connectivity index (χ1) is 13.0. The van der Waals surface area contributed by atoms with Gasteiger partial charge in [-0.1, -0.05) is 30.3 Å². The average molecular weight is 363 g/mol. The number of para-hydroxylation sites is 1. The zero-order valence-corrected chi connectivity index (χ0v) is 14.4. The van der Waals surface area contributed by atoms with Crippen LogP contribution in [0.2, 0.25) is 0 Å². The van der Waals surface area contributed by atoms with E-state index in [1.165, 1.54) is 0 Å². The molecule has 7 nitrogen and oxygen atoms in total. The quantitative estimate of drug-likeness (QED) is 0.827. The van der Waals surface area contributed by atoms with Crippen molar-refractivity contribution in [3.63, 3.8) is 0 Å². The van der Waals surface area contributed by atoms with Crippen molar-refractivity contribution in [1.29, 1.82) is 0 Å². The van der Waals surface area contributed by atoms with Gasteiger partial charge in [-0.05, 0) is 24.3 Å². The summed E-state index contributed by atoms with van der Waals surface area (Å²) in [6, 6.07) is 15.4. The Hall–Kier alpha value is -3.48. The second kappa shape index (κ2) is 6.68. The largest absolute Gasteiger partial charge is 0.349 e. The molecule has 0 bridgehead atoms. The van der Waals surface area contributed by atoms with Gasteiger partial charge in [-0.2, -0.15) is 0 Å². The first-order valence-corrected chi connectivity index (χ1v) is 8.64. The van der Waals surface area contributed by atoms with Crippen LogP contribution in [0.1, 0.15) is 27.1 Å². The predicted molar refractivity (Wildman–Crippen MR) is 97.2 cm³/mol. The van der Waals surface area contributed by atoms with Gasteiger partial charge in [0.1, 0.15) is 6.54 Å². The normalized spacial score (nSPS) is 18.8. The second-order valence-electron chi connectivity index (χ2n) is 6.55. The van der Waals surface area contributed by atoms with Gasteiger partial charge in [0.15, 0.2) is 0 Å². The number of carbonyl (C=O) groups excluding carboxylic acids is 4. The molecule has 0 aliphatic carbocycles. The first-order valence-electron chi connectivity index (χ1n) is 8.64. The van der Waals surface area contributed by atoms with Crippen LogP contribution in [0.5, 0.6) is 0 Å². The van der Waals surface area contributed by atoms with Gasteiger partial charge >= 0.3 is 0 Å². The molecule has 0 spiro atoms. The summed E-state index contributed by atoms with van der Waals surface area (Å²) in [6.45, 7) is -0.000913. The maximum atomic E-state index is 12.4. The van der Waals surface area contributed by atoms with Gasteiger partial charge in [0.05, 0.1) is 17.2 Å². The van der Waals surface area contributed by atoms with E-state index >= 15 is 0 Å². The highest BCUT2D eigenvalue weighted by Gasteiger charge is 2.37. The van der Waals surface area contributed by atoms with Crippen LogP contribution in [0.4, 0.5) is 5.69 Å². The number of benzene rings is 2. The van der Waals surface area contributed by atoms with E-state index in [-0.39, 0.29) is 24.9 Å². The molecule has 1 N–H and O–H groups in total. The van der Waals surface area contributed by atoms with E-state index in [9.17, 15) is 19.2 Å². The zero-order chi connectivity index (χ0) is 19.0. The third-order valence-electron chi connectivity index (χ3n) is 4.74. The Morgan fingerprint density at radius 1 is 0.926 bits per heavy atom. The molecule has 27 heavy (non-hydrogen) atoms. The number of anilines is 1. The number of fused-ring (bicyclic) bond motifs is 1. The lowest BCUT2D eigenvalue weighted by Gasteiger charge is -2.18. The molecule has 0 aromatic heterocycles. The van der Waals surface area contributed by atoms with Gasteiger partial charge in [-0.15, -0.1) is 0 Å². The van der Waals surface area contributed by atoms with E-state index in [2.05, 4.69) is 5.32 Å². The summed E-state index contributed by atoms with van der Waals surface area (Å²) in [7, 11) is 0. The van der Waals surface area contributed by atoms with Gasteiger partial charge in [-0.25, -0.2) is 0 Å². The van der Waals surface area contributed by atoms with Crippen LogP contribution in [0, 0.1) is 0 Å². The molecular formula is C20H17N3O4. The van der Waals surface area contributed by atoms with Gasteiger partial charge in [-0.3, -0.25) is 24.1 Å². The molecular weight excluding hydrogens is 346 g/mol. The summed E-state index contributed by atoms with van der Waals surface area (Å²) in [6.07, 6.45) is 0.183. The first kappa shape index (κ1) is 17.0. The van der Waals surface area contributed by atoms with Crippen molar-refractivity contribution in [2.75, 3.05) is 18.0 Å². The average Bonchev–Trinajstić information content (AvgIpc) is 3.15. The molecule has 2 aromatic carbocycles. The van der Waals surface area contributed by atoms with Crippen molar-refractivity contribution in [2.24, 2.45) is 0 Å². The summed E-state index contributed by atoms with van der Waals surface area (Å²) < 4.78 is 0. The number of hydrogen-bond donors (Lipinski definition) is 1. The van der Waals surface area contributed by atoms with Crippen LogP contribution in [-0.2, 0) is 9.59 Å².